The van der Waals surface area contributed by atoms with Crippen molar-refractivity contribution in [3.8, 4) is 0 Å². The summed E-state index contributed by atoms with van der Waals surface area (Å²) < 4.78 is 0. The largest absolute Gasteiger partial charge is 0.103 e. The minimum Gasteiger partial charge on any atom is -0.103 e. The molecule has 0 saturated heterocycles. The van der Waals surface area contributed by atoms with Gasteiger partial charge in [0.2, 0.25) is 0 Å². The van der Waals surface area contributed by atoms with E-state index in [4.69, 9.17) is 0 Å². The lowest BCUT2D eigenvalue weighted by molar-refractivity contribution is 0.707. The Hall–Kier alpha value is -0.260. The molecule has 0 aliphatic heterocycles. The van der Waals surface area contributed by atoms with Gasteiger partial charge in [-0.15, -0.1) is 6.58 Å². The number of allylic oxidation sites excluding steroid dienone is 1. The van der Waals surface area contributed by atoms with Crippen molar-refractivity contribution in [2.75, 3.05) is 0 Å². The van der Waals surface area contributed by atoms with Gasteiger partial charge in [-0.25, -0.2) is 0 Å². The van der Waals surface area contributed by atoms with Crippen molar-refractivity contribution in [3.63, 3.8) is 0 Å². The lowest BCUT2D eigenvalue weighted by Gasteiger charge is -2.01. The van der Waals surface area contributed by atoms with Crippen molar-refractivity contribution in [1.82, 2.24) is 0 Å². The molecule has 0 saturated carbocycles. The predicted molar refractivity (Wildman–Crippen MR) is 43.2 cm³/mol. The third-order valence-electron chi connectivity index (χ3n) is 1.47. The zero-order valence-corrected chi connectivity index (χ0v) is 6.56. The lowest BCUT2D eigenvalue weighted by Crippen LogP contribution is -1.88. The number of hydrogen-bond acceptors (Lipinski definition) is 0. The molecule has 0 aromatic carbocycles. The van der Waals surface area contributed by atoms with Gasteiger partial charge in [0, 0.05) is 0 Å². The van der Waals surface area contributed by atoms with E-state index in [9.17, 15) is 0 Å². The third-order valence-corrected chi connectivity index (χ3v) is 1.47. The van der Waals surface area contributed by atoms with Crippen molar-refractivity contribution in [2.24, 2.45) is 5.92 Å². The highest BCUT2D eigenvalue weighted by molar-refractivity contribution is 4.85. The fourth-order valence-electron chi connectivity index (χ4n) is 0.681. The second-order valence-corrected chi connectivity index (χ2v) is 2.47. The summed E-state index contributed by atoms with van der Waals surface area (Å²) in [5.74, 6) is 0.594. The first-order valence-corrected chi connectivity index (χ1v) is 3.77. The number of unbranched alkanes of at least 4 members (excludes halogenated alkanes) is 2. The summed E-state index contributed by atoms with van der Waals surface area (Å²) in [6.45, 7) is 8.09. The van der Waals surface area contributed by atoms with E-state index in [1.807, 2.05) is 6.08 Å². The standard InChI is InChI=1S/C9H17/c1-4-6-7-8-9(3)5-2/h5,8-9H,2,4,6-7H2,1,3H3. The molecule has 0 fully saturated rings. The molecular formula is C9H17. The Bertz CT molecular complexity index is 64.4. The quantitative estimate of drug-likeness (QED) is 0.391. The zero-order valence-electron chi connectivity index (χ0n) is 6.56. The van der Waals surface area contributed by atoms with E-state index in [2.05, 4.69) is 26.8 Å². The molecule has 1 radical (unpaired) electrons. The van der Waals surface area contributed by atoms with E-state index in [1.54, 1.807) is 0 Å². The van der Waals surface area contributed by atoms with Gasteiger partial charge in [0.1, 0.15) is 0 Å². The van der Waals surface area contributed by atoms with Crippen LogP contribution in [0.25, 0.3) is 0 Å². The zero-order chi connectivity index (χ0) is 7.11. The van der Waals surface area contributed by atoms with Crippen LogP contribution in [0.5, 0.6) is 0 Å². The third kappa shape index (κ3) is 5.61. The minimum atomic E-state index is 0.594. The van der Waals surface area contributed by atoms with Crippen molar-refractivity contribution < 1.29 is 0 Å². The Morgan fingerprint density at radius 1 is 1.56 bits per heavy atom. The fourth-order valence-corrected chi connectivity index (χ4v) is 0.681. The maximum absolute atomic E-state index is 3.71. The van der Waals surface area contributed by atoms with Crippen LogP contribution in [0.15, 0.2) is 12.7 Å². The molecule has 0 aliphatic rings. The summed E-state index contributed by atoms with van der Waals surface area (Å²) in [4.78, 5) is 0. The summed E-state index contributed by atoms with van der Waals surface area (Å²) in [7, 11) is 0. The summed E-state index contributed by atoms with van der Waals surface area (Å²) in [5, 5.41) is 0. The van der Waals surface area contributed by atoms with Crippen LogP contribution in [-0.2, 0) is 0 Å². The monoisotopic (exact) mass is 125 g/mol. The first kappa shape index (κ1) is 8.74. The van der Waals surface area contributed by atoms with Crippen molar-refractivity contribution in [1.29, 1.82) is 0 Å². The molecule has 0 spiro atoms. The average molecular weight is 125 g/mol. The summed E-state index contributed by atoms with van der Waals surface area (Å²) in [6, 6.07) is 0. The Morgan fingerprint density at radius 3 is 2.67 bits per heavy atom. The highest BCUT2D eigenvalue weighted by atomic mass is 14.0. The van der Waals surface area contributed by atoms with Crippen LogP contribution in [0.1, 0.15) is 33.1 Å². The highest BCUT2D eigenvalue weighted by Gasteiger charge is 1.93. The minimum absolute atomic E-state index is 0.594. The highest BCUT2D eigenvalue weighted by Crippen LogP contribution is 2.07. The molecule has 53 valence electrons. The summed E-state index contributed by atoms with van der Waals surface area (Å²) in [6.07, 6.45) is 8.15. The SMILES string of the molecule is C=CC(C)[CH]CCCC. The molecule has 0 aromatic heterocycles. The van der Waals surface area contributed by atoms with Gasteiger partial charge in [-0.2, -0.15) is 0 Å². The summed E-state index contributed by atoms with van der Waals surface area (Å²) >= 11 is 0. The Kier molecular flexibility index (Phi) is 5.70. The van der Waals surface area contributed by atoms with Crippen molar-refractivity contribution >= 4 is 0 Å². The second kappa shape index (κ2) is 5.87. The molecule has 0 bridgehead atoms. The van der Waals surface area contributed by atoms with Crippen molar-refractivity contribution in [2.45, 2.75) is 33.1 Å². The molecule has 0 aromatic rings. The Morgan fingerprint density at radius 2 is 2.22 bits per heavy atom. The van der Waals surface area contributed by atoms with E-state index in [1.165, 1.54) is 19.3 Å². The molecule has 0 amide bonds. The second-order valence-electron chi connectivity index (χ2n) is 2.47. The van der Waals surface area contributed by atoms with Crippen LogP contribution >= 0.6 is 0 Å². The maximum atomic E-state index is 3.71. The van der Waals surface area contributed by atoms with E-state index in [-0.39, 0.29) is 0 Å². The van der Waals surface area contributed by atoms with Gasteiger partial charge in [0.25, 0.3) is 0 Å². The lowest BCUT2D eigenvalue weighted by atomic mass is 10.0. The van der Waals surface area contributed by atoms with Crippen molar-refractivity contribution in [3.05, 3.63) is 19.1 Å². The van der Waals surface area contributed by atoms with E-state index in [0.717, 1.165) is 0 Å². The van der Waals surface area contributed by atoms with Crippen LogP contribution in [0, 0.1) is 12.3 Å². The van der Waals surface area contributed by atoms with E-state index in [0.29, 0.717) is 5.92 Å². The molecule has 0 heterocycles. The molecule has 9 heavy (non-hydrogen) atoms. The van der Waals surface area contributed by atoms with Gasteiger partial charge in [-0.3, -0.25) is 0 Å². The first-order valence-electron chi connectivity index (χ1n) is 3.77. The molecule has 1 atom stereocenters. The molecule has 0 nitrogen and oxygen atoms in total. The van der Waals surface area contributed by atoms with Gasteiger partial charge < -0.3 is 0 Å². The van der Waals surface area contributed by atoms with Crippen LogP contribution < -0.4 is 0 Å². The van der Waals surface area contributed by atoms with Crippen LogP contribution in [0.3, 0.4) is 0 Å². The van der Waals surface area contributed by atoms with Gasteiger partial charge in [0.05, 0.1) is 0 Å². The topological polar surface area (TPSA) is 0 Å². The fraction of sp³-hybridized carbons (Fsp3) is 0.667. The molecule has 0 heteroatoms. The molecule has 0 aliphatic carbocycles. The van der Waals surface area contributed by atoms with Crippen LogP contribution in [0.4, 0.5) is 0 Å². The molecular weight excluding hydrogens is 108 g/mol. The number of rotatable bonds is 5. The normalized spacial score (nSPS) is 13.1. The van der Waals surface area contributed by atoms with Gasteiger partial charge in [-0.1, -0.05) is 32.8 Å². The average Bonchev–Trinajstić information content (AvgIpc) is 1.89. The van der Waals surface area contributed by atoms with E-state index < -0.39 is 0 Å². The maximum Gasteiger partial charge on any atom is -0.0233 e. The van der Waals surface area contributed by atoms with Crippen LogP contribution in [0.2, 0.25) is 0 Å². The summed E-state index contributed by atoms with van der Waals surface area (Å²) in [5.41, 5.74) is 0. The number of hydrogen-bond donors (Lipinski definition) is 0. The molecule has 0 N–H and O–H groups in total. The van der Waals surface area contributed by atoms with Gasteiger partial charge in [-0.05, 0) is 18.8 Å². The Labute approximate surface area is 59.0 Å². The van der Waals surface area contributed by atoms with Gasteiger partial charge >= 0.3 is 0 Å². The van der Waals surface area contributed by atoms with Crippen LogP contribution in [-0.4, -0.2) is 0 Å². The Balaban J connectivity index is 2.96. The molecule has 1 unspecified atom stereocenters. The van der Waals surface area contributed by atoms with E-state index >= 15 is 0 Å². The first-order chi connectivity index (χ1) is 4.31. The molecule has 0 rings (SSSR count). The smallest absolute Gasteiger partial charge is 0.0233 e. The predicted octanol–water partition coefficient (Wildman–Crippen LogP) is 3.20. The van der Waals surface area contributed by atoms with Gasteiger partial charge in [0.15, 0.2) is 0 Å².